The molecule has 150 valence electrons. The van der Waals surface area contributed by atoms with Crippen LogP contribution in [0.2, 0.25) is 10.0 Å². The number of aryl methyl sites for hydroxylation is 1. The third-order valence-corrected chi connectivity index (χ3v) is 6.98. The van der Waals surface area contributed by atoms with Gasteiger partial charge in [-0.15, -0.1) is 0 Å². The van der Waals surface area contributed by atoms with Crippen LogP contribution in [0.1, 0.15) is 31.2 Å². The van der Waals surface area contributed by atoms with Crippen LogP contribution in [-0.2, 0) is 14.8 Å². The maximum Gasteiger partial charge on any atom is 0.264 e. The highest BCUT2D eigenvalue weighted by atomic mass is 35.5. The van der Waals surface area contributed by atoms with Gasteiger partial charge in [0.25, 0.3) is 10.0 Å². The molecular weight excluding hydrogens is 419 g/mol. The van der Waals surface area contributed by atoms with E-state index in [9.17, 15) is 13.2 Å². The van der Waals surface area contributed by atoms with Crippen LogP contribution in [0.15, 0.2) is 47.4 Å². The van der Waals surface area contributed by atoms with Crippen molar-refractivity contribution >= 4 is 44.8 Å². The fraction of sp³-hybridized carbons (Fsp3) is 0.350. The normalized spacial score (nSPS) is 14.8. The molecule has 0 spiro atoms. The summed E-state index contributed by atoms with van der Waals surface area (Å²) in [6.07, 6.45) is 3.97. The highest BCUT2D eigenvalue weighted by Crippen LogP contribution is 2.30. The van der Waals surface area contributed by atoms with E-state index in [1.165, 1.54) is 30.3 Å². The van der Waals surface area contributed by atoms with Crippen molar-refractivity contribution in [2.45, 2.75) is 43.5 Å². The lowest BCUT2D eigenvalue weighted by Gasteiger charge is -2.25. The van der Waals surface area contributed by atoms with E-state index in [0.717, 1.165) is 35.6 Å². The van der Waals surface area contributed by atoms with Gasteiger partial charge in [0.2, 0.25) is 5.91 Å². The molecule has 28 heavy (non-hydrogen) atoms. The number of nitrogens with zero attached hydrogens (tertiary/aromatic N) is 1. The third kappa shape index (κ3) is 4.99. The fourth-order valence-corrected chi connectivity index (χ4v) is 5.23. The van der Waals surface area contributed by atoms with E-state index in [2.05, 4.69) is 5.32 Å². The molecule has 8 heteroatoms. The molecule has 1 amide bonds. The van der Waals surface area contributed by atoms with E-state index < -0.39 is 10.0 Å². The molecule has 0 radical (unpaired) electrons. The molecule has 2 aromatic carbocycles. The first-order valence-corrected chi connectivity index (χ1v) is 11.3. The van der Waals surface area contributed by atoms with Gasteiger partial charge in [-0.05, 0) is 50.1 Å². The van der Waals surface area contributed by atoms with E-state index in [0.29, 0.717) is 10.0 Å². The number of benzene rings is 2. The van der Waals surface area contributed by atoms with Crippen molar-refractivity contribution in [1.82, 2.24) is 5.32 Å². The van der Waals surface area contributed by atoms with Crippen LogP contribution in [0.4, 0.5) is 5.69 Å². The Morgan fingerprint density at radius 3 is 2.21 bits per heavy atom. The van der Waals surface area contributed by atoms with Crippen molar-refractivity contribution in [2.75, 3.05) is 10.8 Å². The van der Waals surface area contributed by atoms with Gasteiger partial charge in [-0.2, -0.15) is 0 Å². The molecule has 0 heterocycles. The Balaban J connectivity index is 1.95. The van der Waals surface area contributed by atoms with E-state index in [1.54, 1.807) is 12.1 Å². The highest BCUT2D eigenvalue weighted by molar-refractivity contribution is 7.92. The van der Waals surface area contributed by atoms with Gasteiger partial charge in [-0.1, -0.05) is 53.7 Å². The van der Waals surface area contributed by atoms with Gasteiger partial charge in [0.15, 0.2) is 0 Å². The Kier molecular flexibility index (Phi) is 6.53. The van der Waals surface area contributed by atoms with Crippen molar-refractivity contribution < 1.29 is 13.2 Å². The molecule has 1 aliphatic rings. The number of rotatable bonds is 6. The van der Waals surface area contributed by atoms with Crippen molar-refractivity contribution in [1.29, 1.82) is 0 Å². The molecule has 0 bridgehead atoms. The zero-order chi connectivity index (χ0) is 20.3. The smallest absolute Gasteiger partial charge is 0.264 e. The summed E-state index contributed by atoms with van der Waals surface area (Å²) in [6.45, 7) is 1.53. The molecule has 1 aliphatic carbocycles. The van der Waals surface area contributed by atoms with E-state index >= 15 is 0 Å². The molecule has 1 saturated carbocycles. The van der Waals surface area contributed by atoms with Gasteiger partial charge in [0.05, 0.1) is 10.6 Å². The average molecular weight is 441 g/mol. The van der Waals surface area contributed by atoms with Gasteiger partial charge in [-0.25, -0.2) is 8.42 Å². The standard InChI is InChI=1S/C20H22Cl2N2O3S/c1-14-6-8-19(9-7-14)28(26,27)24(18-11-15(21)10-16(22)12-18)13-20(25)23-17-4-2-3-5-17/h6-12,17H,2-5,13H2,1H3,(H,23,25). The molecule has 3 rings (SSSR count). The quantitative estimate of drug-likeness (QED) is 0.715. The molecule has 2 aromatic rings. The number of anilines is 1. The van der Waals surface area contributed by atoms with Gasteiger partial charge >= 0.3 is 0 Å². The second kappa shape index (κ2) is 8.72. The first-order chi connectivity index (χ1) is 13.3. The summed E-state index contributed by atoms with van der Waals surface area (Å²) in [4.78, 5) is 12.7. The van der Waals surface area contributed by atoms with Crippen molar-refractivity contribution in [3.8, 4) is 0 Å². The zero-order valence-corrected chi connectivity index (χ0v) is 17.8. The first-order valence-electron chi connectivity index (χ1n) is 9.10. The summed E-state index contributed by atoms with van der Waals surface area (Å²) in [5.41, 5.74) is 1.19. The van der Waals surface area contributed by atoms with E-state index in [4.69, 9.17) is 23.2 Å². The van der Waals surface area contributed by atoms with Crippen molar-refractivity contribution in [2.24, 2.45) is 0 Å². The molecule has 0 atom stereocenters. The summed E-state index contributed by atoms with van der Waals surface area (Å²) >= 11 is 12.2. The number of carbonyl (C=O) groups is 1. The Bertz CT molecular complexity index is 936. The number of halogens is 2. The Morgan fingerprint density at radius 1 is 1.07 bits per heavy atom. The van der Waals surface area contributed by atoms with Crippen LogP contribution < -0.4 is 9.62 Å². The number of amides is 1. The van der Waals surface area contributed by atoms with Gasteiger partial charge < -0.3 is 5.32 Å². The minimum Gasteiger partial charge on any atom is -0.352 e. The lowest BCUT2D eigenvalue weighted by atomic mass is 10.2. The summed E-state index contributed by atoms with van der Waals surface area (Å²) in [7, 11) is -3.98. The van der Waals surface area contributed by atoms with E-state index in [-0.39, 0.29) is 29.1 Å². The highest BCUT2D eigenvalue weighted by Gasteiger charge is 2.29. The lowest BCUT2D eigenvalue weighted by Crippen LogP contribution is -2.43. The predicted molar refractivity (Wildman–Crippen MR) is 113 cm³/mol. The Labute approximate surface area is 175 Å². The zero-order valence-electron chi connectivity index (χ0n) is 15.5. The second-order valence-corrected chi connectivity index (χ2v) is 9.74. The molecule has 1 N–H and O–H groups in total. The topological polar surface area (TPSA) is 66.5 Å². The minimum atomic E-state index is -3.98. The SMILES string of the molecule is Cc1ccc(S(=O)(=O)N(CC(=O)NC2CCCC2)c2cc(Cl)cc(Cl)c2)cc1. The van der Waals surface area contributed by atoms with Crippen LogP contribution in [0.3, 0.4) is 0 Å². The maximum absolute atomic E-state index is 13.3. The van der Waals surface area contributed by atoms with Crippen LogP contribution in [-0.4, -0.2) is 26.9 Å². The molecule has 0 unspecified atom stereocenters. The van der Waals surface area contributed by atoms with E-state index in [1.807, 2.05) is 6.92 Å². The monoisotopic (exact) mass is 440 g/mol. The molecule has 0 aromatic heterocycles. The van der Waals surface area contributed by atoms with Crippen LogP contribution in [0.5, 0.6) is 0 Å². The Hall–Kier alpha value is -1.76. The van der Waals surface area contributed by atoms with Gasteiger partial charge in [0.1, 0.15) is 6.54 Å². The minimum absolute atomic E-state index is 0.0966. The second-order valence-electron chi connectivity index (χ2n) is 7.00. The number of sulfonamides is 1. The third-order valence-electron chi connectivity index (χ3n) is 4.75. The summed E-state index contributed by atoms with van der Waals surface area (Å²) < 4.78 is 27.7. The van der Waals surface area contributed by atoms with Gasteiger partial charge in [-0.3, -0.25) is 9.10 Å². The average Bonchev–Trinajstić information content (AvgIpc) is 3.12. The molecule has 0 aliphatic heterocycles. The lowest BCUT2D eigenvalue weighted by molar-refractivity contribution is -0.120. The maximum atomic E-state index is 13.3. The molecular formula is C20H22Cl2N2O3S. The number of hydrogen-bond donors (Lipinski definition) is 1. The summed E-state index contributed by atoms with van der Waals surface area (Å²) in [5, 5.41) is 3.52. The molecule has 1 fully saturated rings. The van der Waals surface area contributed by atoms with Gasteiger partial charge in [0, 0.05) is 16.1 Å². The van der Waals surface area contributed by atoms with Crippen LogP contribution in [0.25, 0.3) is 0 Å². The first kappa shape index (κ1) is 21.0. The van der Waals surface area contributed by atoms with Crippen molar-refractivity contribution in [3.63, 3.8) is 0 Å². The number of hydrogen-bond acceptors (Lipinski definition) is 3. The van der Waals surface area contributed by atoms with Crippen molar-refractivity contribution in [3.05, 3.63) is 58.1 Å². The number of carbonyl (C=O) groups excluding carboxylic acids is 1. The molecule has 5 nitrogen and oxygen atoms in total. The predicted octanol–water partition coefficient (Wildman–Crippen LogP) is 4.56. The van der Waals surface area contributed by atoms with Crippen LogP contribution >= 0.6 is 23.2 Å². The van der Waals surface area contributed by atoms with Crippen LogP contribution in [0, 0.1) is 6.92 Å². The Morgan fingerprint density at radius 2 is 1.64 bits per heavy atom. The summed E-state index contributed by atoms with van der Waals surface area (Å²) in [5.74, 6) is -0.348. The molecule has 0 saturated heterocycles. The summed E-state index contributed by atoms with van der Waals surface area (Å²) in [6, 6.07) is 11.1. The number of nitrogens with one attached hydrogen (secondary N) is 1. The largest absolute Gasteiger partial charge is 0.352 e. The fourth-order valence-electron chi connectivity index (χ4n) is 3.31.